The average molecular weight is 219 g/mol. The molecule has 2 unspecified atom stereocenters. The average Bonchev–Trinajstić information content (AvgIpc) is 2.55. The first kappa shape index (κ1) is 11.1. The normalized spacial score (nSPS) is 25.5. The van der Waals surface area contributed by atoms with Crippen LogP contribution in [-0.2, 0) is 4.79 Å². The van der Waals surface area contributed by atoms with Gasteiger partial charge in [0.2, 0.25) is 5.91 Å². The number of amides is 1. The highest BCUT2D eigenvalue weighted by molar-refractivity contribution is 5.80. The summed E-state index contributed by atoms with van der Waals surface area (Å²) in [4.78, 5) is 13.3. The van der Waals surface area contributed by atoms with E-state index in [1.807, 2.05) is 44.2 Å². The van der Waals surface area contributed by atoms with Gasteiger partial charge in [0.05, 0.1) is 0 Å². The molecule has 16 heavy (non-hydrogen) atoms. The third-order valence-corrected chi connectivity index (χ3v) is 3.11. The molecule has 1 aliphatic heterocycles. The quantitative estimate of drug-likeness (QED) is 0.823. The lowest BCUT2D eigenvalue weighted by atomic mass is 9.97. The highest BCUT2D eigenvalue weighted by Crippen LogP contribution is 2.33. The first-order valence-electron chi connectivity index (χ1n) is 5.65. The van der Waals surface area contributed by atoms with Gasteiger partial charge in [0.25, 0.3) is 0 Å². The van der Waals surface area contributed by atoms with Crippen molar-refractivity contribution in [2.45, 2.75) is 38.5 Å². The van der Waals surface area contributed by atoms with Crippen LogP contribution in [0, 0.1) is 0 Å². The molecule has 0 saturated carbocycles. The summed E-state index contributed by atoms with van der Waals surface area (Å²) in [5.41, 5.74) is 1.03. The molecule has 0 aromatic heterocycles. The fraction of sp³-hybridized carbons (Fsp3) is 0.462. The van der Waals surface area contributed by atoms with Gasteiger partial charge in [-0.05, 0) is 19.4 Å². The van der Waals surface area contributed by atoms with Crippen molar-refractivity contribution in [1.82, 2.24) is 4.90 Å². The highest BCUT2D eigenvalue weighted by Gasteiger charge is 2.40. The number of nitrogens with zero attached hydrogens (tertiary/aromatic N) is 1. The predicted octanol–water partition coefficient (Wildman–Crippen LogP) is 1.73. The van der Waals surface area contributed by atoms with Crippen molar-refractivity contribution in [3.05, 3.63) is 35.9 Å². The number of carbonyl (C=O) groups excluding carboxylic acids is 1. The van der Waals surface area contributed by atoms with Crippen molar-refractivity contribution in [2.75, 3.05) is 0 Å². The van der Waals surface area contributed by atoms with Gasteiger partial charge in [0.1, 0.15) is 6.23 Å². The van der Waals surface area contributed by atoms with Crippen LogP contribution in [0.1, 0.15) is 31.7 Å². The van der Waals surface area contributed by atoms with Crippen molar-refractivity contribution in [2.24, 2.45) is 0 Å². The van der Waals surface area contributed by atoms with E-state index in [9.17, 15) is 9.90 Å². The van der Waals surface area contributed by atoms with Crippen LogP contribution in [0.4, 0.5) is 0 Å². The summed E-state index contributed by atoms with van der Waals surface area (Å²) in [6, 6.07) is 9.79. The molecule has 2 atom stereocenters. The molecule has 1 saturated heterocycles. The van der Waals surface area contributed by atoms with Crippen LogP contribution >= 0.6 is 0 Å². The molecule has 86 valence electrons. The molecule has 1 fully saturated rings. The van der Waals surface area contributed by atoms with Crippen LogP contribution < -0.4 is 0 Å². The minimum Gasteiger partial charge on any atom is -0.373 e. The molecule has 1 aromatic rings. The van der Waals surface area contributed by atoms with Crippen molar-refractivity contribution < 1.29 is 9.90 Å². The SMILES string of the molecule is CC(C)N1C(=O)CC(c2ccccc2)C1O. The van der Waals surface area contributed by atoms with Gasteiger partial charge in [0.15, 0.2) is 0 Å². The van der Waals surface area contributed by atoms with E-state index in [1.54, 1.807) is 4.90 Å². The molecule has 1 aliphatic rings. The summed E-state index contributed by atoms with van der Waals surface area (Å²) in [6.45, 7) is 3.85. The summed E-state index contributed by atoms with van der Waals surface area (Å²) < 4.78 is 0. The molecule has 3 heteroatoms. The second-order valence-corrected chi connectivity index (χ2v) is 4.53. The number of hydrogen-bond donors (Lipinski definition) is 1. The van der Waals surface area contributed by atoms with E-state index < -0.39 is 6.23 Å². The second-order valence-electron chi connectivity index (χ2n) is 4.53. The Morgan fingerprint density at radius 2 is 1.94 bits per heavy atom. The number of carbonyl (C=O) groups is 1. The lowest BCUT2D eigenvalue weighted by Crippen LogP contribution is -2.39. The zero-order valence-electron chi connectivity index (χ0n) is 9.63. The van der Waals surface area contributed by atoms with Gasteiger partial charge in [-0.2, -0.15) is 0 Å². The molecule has 1 amide bonds. The number of aliphatic hydroxyl groups is 1. The van der Waals surface area contributed by atoms with E-state index in [-0.39, 0.29) is 17.9 Å². The number of likely N-dealkylation sites (tertiary alicyclic amines) is 1. The lowest BCUT2D eigenvalue weighted by Gasteiger charge is -2.27. The monoisotopic (exact) mass is 219 g/mol. The van der Waals surface area contributed by atoms with E-state index in [1.165, 1.54) is 0 Å². The Hall–Kier alpha value is -1.35. The first-order valence-corrected chi connectivity index (χ1v) is 5.65. The van der Waals surface area contributed by atoms with Crippen LogP contribution in [0.15, 0.2) is 30.3 Å². The van der Waals surface area contributed by atoms with E-state index >= 15 is 0 Å². The molecule has 1 N–H and O–H groups in total. The van der Waals surface area contributed by atoms with Gasteiger partial charge in [-0.3, -0.25) is 4.79 Å². The topological polar surface area (TPSA) is 40.5 Å². The molecule has 2 rings (SSSR count). The summed E-state index contributed by atoms with van der Waals surface area (Å²) in [6.07, 6.45) is -0.279. The number of benzene rings is 1. The van der Waals surface area contributed by atoms with Gasteiger partial charge in [-0.15, -0.1) is 0 Å². The van der Waals surface area contributed by atoms with Gasteiger partial charge in [-0.1, -0.05) is 30.3 Å². The van der Waals surface area contributed by atoms with E-state index in [0.717, 1.165) is 5.56 Å². The summed E-state index contributed by atoms with van der Waals surface area (Å²) in [7, 11) is 0. The Morgan fingerprint density at radius 3 is 2.44 bits per heavy atom. The Balaban J connectivity index is 2.24. The van der Waals surface area contributed by atoms with E-state index in [0.29, 0.717) is 6.42 Å². The fourth-order valence-electron chi connectivity index (χ4n) is 2.32. The van der Waals surface area contributed by atoms with E-state index in [4.69, 9.17) is 0 Å². The Bertz CT molecular complexity index is 375. The maximum atomic E-state index is 11.8. The minimum atomic E-state index is -0.685. The van der Waals surface area contributed by atoms with Crippen LogP contribution in [0.2, 0.25) is 0 Å². The Labute approximate surface area is 95.7 Å². The molecule has 0 radical (unpaired) electrons. The Kier molecular flexibility index (Phi) is 2.97. The molecule has 0 spiro atoms. The molecule has 3 nitrogen and oxygen atoms in total. The van der Waals surface area contributed by atoms with Gasteiger partial charge < -0.3 is 10.0 Å². The second kappa shape index (κ2) is 4.26. The third kappa shape index (κ3) is 1.83. The van der Waals surface area contributed by atoms with Crippen LogP contribution in [0.3, 0.4) is 0 Å². The van der Waals surface area contributed by atoms with Gasteiger partial charge >= 0.3 is 0 Å². The lowest BCUT2D eigenvalue weighted by molar-refractivity contribution is -0.135. The van der Waals surface area contributed by atoms with Crippen LogP contribution in [-0.4, -0.2) is 28.2 Å². The van der Waals surface area contributed by atoms with Crippen molar-refractivity contribution >= 4 is 5.91 Å². The predicted molar refractivity (Wildman–Crippen MR) is 61.8 cm³/mol. The summed E-state index contributed by atoms with van der Waals surface area (Å²) in [5.74, 6) is -0.0487. The standard InChI is InChI=1S/C13H17NO2/c1-9(2)14-12(15)8-11(13(14)16)10-6-4-3-5-7-10/h3-7,9,11,13,16H,8H2,1-2H3. The van der Waals surface area contributed by atoms with Crippen LogP contribution in [0.5, 0.6) is 0 Å². The number of aliphatic hydroxyl groups excluding tert-OH is 1. The highest BCUT2D eigenvalue weighted by atomic mass is 16.3. The van der Waals surface area contributed by atoms with Crippen molar-refractivity contribution in [3.8, 4) is 0 Å². The third-order valence-electron chi connectivity index (χ3n) is 3.11. The zero-order valence-corrected chi connectivity index (χ0v) is 9.63. The zero-order chi connectivity index (χ0) is 11.7. The molecular weight excluding hydrogens is 202 g/mol. The molecule has 0 aliphatic carbocycles. The molecule has 0 bridgehead atoms. The van der Waals surface area contributed by atoms with E-state index in [2.05, 4.69) is 0 Å². The molecule has 1 heterocycles. The number of hydrogen-bond acceptors (Lipinski definition) is 2. The van der Waals surface area contributed by atoms with Crippen LogP contribution in [0.25, 0.3) is 0 Å². The van der Waals surface area contributed by atoms with Gasteiger partial charge in [-0.25, -0.2) is 0 Å². The summed E-state index contributed by atoms with van der Waals surface area (Å²) >= 11 is 0. The number of rotatable bonds is 2. The maximum absolute atomic E-state index is 11.8. The molecule has 1 aromatic carbocycles. The maximum Gasteiger partial charge on any atom is 0.225 e. The van der Waals surface area contributed by atoms with Crippen molar-refractivity contribution in [3.63, 3.8) is 0 Å². The fourth-order valence-corrected chi connectivity index (χ4v) is 2.32. The Morgan fingerprint density at radius 1 is 1.31 bits per heavy atom. The molecular formula is C13H17NO2. The van der Waals surface area contributed by atoms with Crippen molar-refractivity contribution in [1.29, 1.82) is 0 Å². The van der Waals surface area contributed by atoms with Gasteiger partial charge in [0, 0.05) is 18.4 Å². The smallest absolute Gasteiger partial charge is 0.225 e. The largest absolute Gasteiger partial charge is 0.373 e. The first-order chi connectivity index (χ1) is 7.61. The summed E-state index contributed by atoms with van der Waals surface area (Å²) in [5, 5.41) is 10.1. The minimum absolute atomic E-state index is 0.0383.